The van der Waals surface area contributed by atoms with Crippen LogP contribution < -0.4 is 9.64 Å². The van der Waals surface area contributed by atoms with Crippen LogP contribution in [0.15, 0.2) is 53.4 Å². The van der Waals surface area contributed by atoms with Crippen molar-refractivity contribution in [3.63, 3.8) is 0 Å². The van der Waals surface area contributed by atoms with Crippen molar-refractivity contribution in [1.29, 1.82) is 0 Å². The number of rotatable bonds is 4. The molecule has 2 aromatic carbocycles. The monoisotopic (exact) mass is 366 g/mol. The Hall–Kier alpha value is -1.76. The molecule has 0 atom stereocenters. The highest BCUT2D eigenvalue weighted by atomic mass is 35.5. The van der Waals surface area contributed by atoms with Crippen molar-refractivity contribution in [2.75, 3.05) is 38.2 Å². The molecule has 3 rings (SSSR count). The zero-order chi connectivity index (χ0) is 17.2. The molecule has 1 aliphatic rings. The molecule has 0 spiro atoms. The van der Waals surface area contributed by atoms with Crippen LogP contribution in [-0.4, -0.2) is 46.0 Å². The SMILES string of the molecule is COc1ccc(S(=O)(=O)N2CCN(c3cccc(Cl)c3)CC2)cc1. The fraction of sp³-hybridized carbons (Fsp3) is 0.294. The van der Waals surface area contributed by atoms with Crippen molar-refractivity contribution in [3.8, 4) is 5.75 Å². The second kappa shape index (κ2) is 7.01. The first-order chi connectivity index (χ1) is 11.5. The molecule has 1 aliphatic heterocycles. The van der Waals surface area contributed by atoms with Gasteiger partial charge < -0.3 is 9.64 Å². The second-order valence-electron chi connectivity index (χ2n) is 5.55. The molecule has 24 heavy (non-hydrogen) atoms. The van der Waals surface area contributed by atoms with E-state index in [4.69, 9.17) is 16.3 Å². The van der Waals surface area contributed by atoms with Gasteiger partial charge in [-0.1, -0.05) is 17.7 Å². The summed E-state index contributed by atoms with van der Waals surface area (Å²) in [4.78, 5) is 2.44. The number of benzene rings is 2. The Morgan fingerprint density at radius 3 is 2.25 bits per heavy atom. The van der Waals surface area contributed by atoms with Gasteiger partial charge in [-0.3, -0.25) is 0 Å². The van der Waals surface area contributed by atoms with Gasteiger partial charge in [0.25, 0.3) is 0 Å². The summed E-state index contributed by atoms with van der Waals surface area (Å²) in [7, 11) is -1.92. The van der Waals surface area contributed by atoms with Crippen molar-refractivity contribution < 1.29 is 13.2 Å². The molecule has 0 aliphatic carbocycles. The number of sulfonamides is 1. The highest BCUT2D eigenvalue weighted by Crippen LogP contribution is 2.24. The molecular weight excluding hydrogens is 348 g/mol. The molecule has 128 valence electrons. The maximum Gasteiger partial charge on any atom is 0.243 e. The van der Waals surface area contributed by atoms with Crippen LogP contribution in [0.3, 0.4) is 0 Å². The first kappa shape index (κ1) is 17.1. The molecule has 2 aromatic rings. The number of piperazine rings is 1. The number of anilines is 1. The van der Waals surface area contributed by atoms with Crippen LogP contribution in [-0.2, 0) is 10.0 Å². The van der Waals surface area contributed by atoms with Crippen LogP contribution >= 0.6 is 11.6 Å². The van der Waals surface area contributed by atoms with Crippen molar-refractivity contribution >= 4 is 27.3 Å². The zero-order valence-electron chi connectivity index (χ0n) is 13.4. The van der Waals surface area contributed by atoms with Crippen molar-refractivity contribution in [2.45, 2.75) is 4.90 Å². The fourth-order valence-corrected chi connectivity index (χ4v) is 4.36. The third-order valence-corrected chi connectivity index (χ3v) is 6.26. The van der Waals surface area contributed by atoms with Crippen LogP contribution in [0, 0.1) is 0 Å². The smallest absolute Gasteiger partial charge is 0.243 e. The lowest BCUT2D eigenvalue weighted by Crippen LogP contribution is -2.48. The summed E-state index contributed by atoms with van der Waals surface area (Å²) in [5, 5.41) is 0.681. The predicted octanol–water partition coefficient (Wildman–Crippen LogP) is 2.86. The van der Waals surface area contributed by atoms with E-state index in [-0.39, 0.29) is 0 Å². The Balaban J connectivity index is 1.71. The summed E-state index contributed by atoms with van der Waals surface area (Å²) >= 11 is 6.03. The van der Waals surface area contributed by atoms with E-state index in [9.17, 15) is 8.42 Å². The number of halogens is 1. The molecule has 0 N–H and O–H groups in total. The Morgan fingerprint density at radius 2 is 1.67 bits per heavy atom. The number of methoxy groups -OCH3 is 1. The Bertz CT molecular complexity index is 801. The number of ether oxygens (including phenoxy) is 1. The maximum absolute atomic E-state index is 12.7. The average Bonchev–Trinajstić information content (AvgIpc) is 2.62. The van der Waals surface area contributed by atoms with E-state index in [0.717, 1.165) is 5.69 Å². The normalized spacial score (nSPS) is 16.2. The summed E-state index contributed by atoms with van der Waals surface area (Å²) < 4.78 is 32.1. The van der Waals surface area contributed by atoms with Gasteiger partial charge in [0, 0.05) is 36.9 Å². The third-order valence-electron chi connectivity index (χ3n) is 4.11. The molecule has 0 aromatic heterocycles. The van der Waals surface area contributed by atoms with Gasteiger partial charge in [0.1, 0.15) is 5.75 Å². The largest absolute Gasteiger partial charge is 0.497 e. The lowest BCUT2D eigenvalue weighted by molar-refractivity contribution is 0.384. The topological polar surface area (TPSA) is 49.9 Å². The summed E-state index contributed by atoms with van der Waals surface area (Å²) in [6.07, 6.45) is 0. The van der Waals surface area contributed by atoms with Crippen LogP contribution in [0.4, 0.5) is 5.69 Å². The van der Waals surface area contributed by atoms with Gasteiger partial charge in [-0.15, -0.1) is 0 Å². The van der Waals surface area contributed by atoms with E-state index >= 15 is 0 Å². The van der Waals surface area contributed by atoms with Gasteiger partial charge in [0.05, 0.1) is 12.0 Å². The van der Waals surface area contributed by atoms with Gasteiger partial charge in [-0.2, -0.15) is 4.31 Å². The van der Waals surface area contributed by atoms with Crippen molar-refractivity contribution in [3.05, 3.63) is 53.6 Å². The first-order valence-electron chi connectivity index (χ1n) is 7.65. The van der Waals surface area contributed by atoms with E-state index < -0.39 is 10.0 Å². The third kappa shape index (κ3) is 3.50. The van der Waals surface area contributed by atoms with Crippen molar-refractivity contribution in [2.24, 2.45) is 0 Å². The van der Waals surface area contributed by atoms with E-state index in [0.29, 0.717) is 41.8 Å². The summed E-state index contributed by atoms with van der Waals surface area (Å²) in [5.74, 6) is 0.639. The van der Waals surface area contributed by atoms with E-state index in [1.165, 1.54) is 4.31 Å². The second-order valence-corrected chi connectivity index (χ2v) is 7.92. The highest BCUT2D eigenvalue weighted by Gasteiger charge is 2.28. The molecule has 0 amide bonds. The Labute approximate surface area is 147 Å². The van der Waals surface area contributed by atoms with Gasteiger partial charge in [-0.05, 0) is 42.5 Å². The summed E-state index contributed by atoms with van der Waals surface area (Å²) in [5.41, 5.74) is 1.02. The van der Waals surface area contributed by atoms with Gasteiger partial charge >= 0.3 is 0 Å². The molecule has 0 saturated carbocycles. The van der Waals surface area contributed by atoms with Gasteiger partial charge in [0.2, 0.25) is 10.0 Å². The average molecular weight is 367 g/mol. The predicted molar refractivity (Wildman–Crippen MR) is 95.4 cm³/mol. The van der Waals surface area contributed by atoms with E-state index in [1.54, 1.807) is 31.4 Å². The highest BCUT2D eigenvalue weighted by molar-refractivity contribution is 7.89. The Morgan fingerprint density at radius 1 is 1.00 bits per heavy atom. The quantitative estimate of drug-likeness (QED) is 0.834. The van der Waals surface area contributed by atoms with E-state index in [2.05, 4.69) is 4.90 Å². The molecule has 0 bridgehead atoms. The Kier molecular flexibility index (Phi) is 4.99. The molecule has 5 nitrogen and oxygen atoms in total. The number of hydrogen-bond acceptors (Lipinski definition) is 4. The van der Waals surface area contributed by atoms with Gasteiger partial charge in [0.15, 0.2) is 0 Å². The van der Waals surface area contributed by atoms with E-state index in [1.807, 2.05) is 24.3 Å². The van der Waals surface area contributed by atoms with Crippen molar-refractivity contribution in [1.82, 2.24) is 4.31 Å². The maximum atomic E-state index is 12.7. The molecule has 1 fully saturated rings. The minimum atomic E-state index is -3.48. The zero-order valence-corrected chi connectivity index (χ0v) is 14.9. The molecule has 1 saturated heterocycles. The molecule has 7 heteroatoms. The lowest BCUT2D eigenvalue weighted by atomic mass is 10.2. The minimum absolute atomic E-state index is 0.291. The summed E-state index contributed by atoms with van der Waals surface area (Å²) in [6.45, 7) is 2.16. The van der Waals surface area contributed by atoms with Crippen LogP contribution in [0.2, 0.25) is 5.02 Å². The fourth-order valence-electron chi connectivity index (χ4n) is 2.76. The molecular formula is C17H19ClN2O3S. The number of hydrogen-bond donors (Lipinski definition) is 0. The standard InChI is InChI=1S/C17H19ClN2O3S/c1-23-16-5-7-17(8-6-16)24(21,22)20-11-9-19(10-12-20)15-4-2-3-14(18)13-15/h2-8,13H,9-12H2,1H3. The molecule has 0 unspecified atom stereocenters. The molecule has 1 heterocycles. The van der Waals surface area contributed by atoms with Gasteiger partial charge in [-0.25, -0.2) is 8.42 Å². The van der Waals surface area contributed by atoms with Crippen LogP contribution in [0.1, 0.15) is 0 Å². The summed E-state index contributed by atoms with van der Waals surface area (Å²) in [6, 6.07) is 14.1. The molecule has 0 radical (unpaired) electrons. The lowest BCUT2D eigenvalue weighted by Gasteiger charge is -2.35. The number of nitrogens with zero attached hydrogens (tertiary/aromatic N) is 2. The minimum Gasteiger partial charge on any atom is -0.497 e. The first-order valence-corrected chi connectivity index (χ1v) is 9.47. The van der Waals surface area contributed by atoms with Crippen LogP contribution in [0.5, 0.6) is 5.75 Å². The van der Waals surface area contributed by atoms with Crippen LogP contribution in [0.25, 0.3) is 0 Å².